The van der Waals surface area contributed by atoms with Gasteiger partial charge in [-0.3, -0.25) is 14.7 Å². The Morgan fingerprint density at radius 2 is 1.78 bits per heavy atom. The van der Waals surface area contributed by atoms with Gasteiger partial charge in [-0.25, -0.2) is 10.1 Å². The molecule has 0 radical (unpaired) electrons. The molecular formula is C20H20N4O3. The molecule has 0 atom stereocenters. The van der Waals surface area contributed by atoms with Crippen molar-refractivity contribution >= 4 is 12.1 Å². The summed E-state index contributed by atoms with van der Waals surface area (Å²) < 4.78 is 6.50. The Kier molecular flexibility index (Phi) is 5.21. The highest BCUT2D eigenvalue weighted by atomic mass is 16.5. The van der Waals surface area contributed by atoms with Gasteiger partial charge in [0.05, 0.1) is 24.6 Å². The number of carbonyl (C=O) groups is 1. The maximum absolute atomic E-state index is 12.6. The molecule has 0 aliphatic carbocycles. The van der Waals surface area contributed by atoms with Crippen LogP contribution in [0, 0.1) is 13.8 Å². The smallest absolute Gasteiger partial charge is 0.280 e. The van der Waals surface area contributed by atoms with Gasteiger partial charge < -0.3 is 4.74 Å². The van der Waals surface area contributed by atoms with Gasteiger partial charge in [0.1, 0.15) is 5.75 Å². The van der Waals surface area contributed by atoms with Gasteiger partial charge >= 0.3 is 0 Å². The molecule has 0 aliphatic rings. The summed E-state index contributed by atoms with van der Waals surface area (Å²) in [5.41, 5.74) is 5.50. The topological polar surface area (TPSA) is 88.5 Å². The Morgan fingerprint density at radius 3 is 2.41 bits per heavy atom. The Balaban J connectivity index is 1.76. The van der Waals surface area contributed by atoms with Crippen molar-refractivity contribution in [1.29, 1.82) is 0 Å². The van der Waals surface area contributed by atoms with Crippen molar-refractivity contribution in [3.05, 3.63) is 81.3 Å². The normalized spacial score (nSPS) is 10.9. The van der Waals surface area contributed by atoms with Crippen molar-refractivity contribution in [3.63, 3.8) is 0 Å². The lowest BCUT2D eigenvalue weighted by molar-refractivity contribution is 0.0955. The molecule has 0 aliphatic heterocycles. The van der Waals surface area contributed by atoms with Gasteiger partial charge in [-0.15, -0.1) is 0 Å². The number of benzene rings is 2. The summed E-state index contributed by atoms with van der Waals surface area (Å²) >= 11 is 0. The first kappa shape index (κ1) is 18.2. The van der Waals surface area contributed by atoms with Crippen LogP contribution in [0.4, 0.5) is 0 Å². The molecule has 7 nitrogen and oxygen atoms in total. The van der Waals surface area contributed by atoms with Gasteiger partial charge in [0.25, 0.3) is 11.5 Å². The van der Waals surface area contributed by atoms with Crippen molar-refractivity contribution in [2.45, 2.75) is 13.8 Å². The van der Waals surface area contributed by atoms with Gasteiger partial charge in [0, 0.05) is 11.3 Å². The quantitative estimate of drug-likeness (QED) is 0.539. The molecule has 3 rings (SSSR count). The molecule has 0 bridgehead atoms. The van der Waals surface area contributed by atoms with E-state index in [9.17, 15) is 9.59 Å². The minimum atomic E-state index is -0.374. The van der Waals surface area contributed by atoms with Crippen LogP contribution >= 0.6 is 0 Å². The third-order valence-corrected chi connectivity index (χ3v) is 4.12. The maximum atomic E-state index is 12.6. The number of aromatic amines is 1. The zero-order valence-electron chi connectivity index (χ0n) is 15.3. The zero-order chi connectivity index (χ0) is 19.4. The number of amides is 1. The van der Waals surface area contributed by atoms with Crippen LogP contribution in [0.5, 0.6) is 5.75 Å². The van der Waals surface area contributed by atoms with Crippen LogP contribution in [-0.4, -0.2) is 29.0 Å². The number of H-pyrrole nitrogens is 1. The molecule has 2 N–H and O–H groups in total. The Morgan fingerprint density at radius 1 is 1.11 bits per heavy atom. The molecule has 138 valence electrons. The lowest BCUT2D eigenvalue weighted by Crippen LogP contribution is -2.20. The molecule has 1 heterocycles. The lowest BCUT2D eigenvalue weighted by Gasteiger charge is -2.02. The van der Waals surface area contributed by atoms with Gasteiger partial charge in [-0.1, -0.05) is 17.7 Å². The first-order chi connectivity index (χ1) is 13.0. The molecule has 0 saturated carbocycles. The zero-order valence-corrected chi connectivity index (χ0v) is 15.3. The second-order valence-electron chi connectivity index (χ2n) is 6.05. The Hall–Kier alpha value is -3.61. The number of aromatic nitrogens is 2. The monoisotopic (exact) mass is 364 g/mol. The number of hydrogen-bond donors (Lipinski definition) is 2. The van der Waals surface area contributed by atoms with Gasteiger partial charge in [-0.2, -0.15) is 5.10 Å². The van der Waals surface area contributed by atoms with Gasteiger partial charge in [0.15, 0.2) is 0 Å². The fourth-order valence-corrected chi connectivity index (χ4v) is 2.55. The summed E-state index contributed by atoms with van der Waals surface area (Å²) in [6, 6.07) is 14.2. The average Bonchev–Trinajstić information content (AvgIpc) is 2.96. The van der Waals surface area contributed by atoms with E-state index in [2.05, 4.69) is 15.6 Å². The number of hydrazone groups is 1. The van der Waals surface area contributed by atoms with Gasteiger partial charge in [-0.05, 0) is 50.2 Å². The highest BCUT2D eigenvalue weighted by Gasteiger charge is 2.11. The molecule has 0 saturated heterocycles. The second kappa shape index (κ2) is 7.74. The Labute approximate surface area is 156 Å². The van der Waals surface area contributed by atoms with Crippen molar-refractivity contribution in [2.75, 3.05) is 7.11 Å². The molecule has 3 aromatic rings. The number of hydrogen-bond acceptors (Lipinski definition) is 4. The minimum Gasteiger partial charge on any atom is -0.497 e. The van der Waals surface area contributed by atoms with Crippen LogP contribution in [0.1, 0.15) is 27.2 Å². The van der Waals surface area contributed by atoms with E-state index in [0.717, 1.165) is 11.3 Å². The van der Waals surface area contributed by atoms with E-state index in [4.69, 9.17) is 4.74 Å². The largest absolute Gasteiger partial charge is 0.497 e. The van der Waals surface area contributed by atoms with Crippen LogP contribution in [0.3, 0.4) is 0 Å². The van der Waals surface area contributed by atoms with Crippen LogP contribution in [0.25, 0.3) is 5.69 Å². The predicted octanol–water partition coefficient (Wildman–Crippen LogP) is 2.55. The number of rotatable bonds is 5. The van der Waals surface area contributed by atoms with E-state index in [1.165, 1.54) is 10.9 Å². The molecule has 0 fully saturated rings. The summed E-state index contributed by atoms with van der Waals surface area (Å²) in [4.78, 5) is 24.7. The average molecular weight is 364 g/mol. The van der Waals surface area contributed by atoms with Crippen LogP contribution in [0.15, 0.2) is 58.4 Å². The first-order valence-corrected chi connectivity index (χ1v) is 8.35. The highest BCUT2D eigenvalue weighted by Crippen LogP contribution is 2.11. The molecule has 7 heteroatoms. The van der Waals surface area contributed by atoms with E-state index in [0.29, 0.717) is 22.6 Å². The Bertz CT molecular complexity index is 1030. The summed E-state index contributed by atoms with van der Waals surface area (Å²) in [7, 11) is 1.56. The van der Waals surface area contributed by atoms with Crippen molar-refractivity contribution < 1.29 is 9.53 Å². The standard InChI is InChI=1S/C20H20N4O3/c1-13-4-8-16(9-5-13)24-20(26)18(14(2)23-24)12-21-22-19(25)15-6-10-17(27-3)11-7-15/h4-12,23H,1-3H3,(H,22,25). The third kappa shape index (κ3) is 3.98. The molecule has 0 spiro atoms. The fraction of sp³-hybridized carbons (Fsp3) is 0.150. The lowest BCUT2D eigenvalue weighted by atomic mass is 10.2. The number of nitrogens with zero attached hydrogens (tertiary/aromatic N) is 2. The van der Waals surface area contributed by atoms with Crippen molar-refractivity contribution in [3.8, 4) is 11.4 Å². The fourth-order valence-electron chi connectivity index (χ4n) is 2.55. The van der Waals surface area contributed by atoms with Crippen LogP contribution in [0.2, 0.25) is 0 Å². The summed E-state index contributed by atoms with van der Waals surface area (Å²) in [6.45, 7) is 3.76. The molecule has 0 unspecified atom stereocenters. The molecular weight excluding hydrogens is 344 g/mol. The number of carbonyl (C=O) groups excluding carboxylic acids is 1. The van der Waals surface area contributed by atoms with Crippen molar-refractivity contribution in [2.24, 2.45) is 5.10 Å². The summed E-state index contributed by atoms with van der Waals surface area (Å²) in [5.74, 6) is 0.288. The van der Waals surface area contributed by atoms with Crippen LogP contribution in [-0.2, 0) is 0 Å². The SMILES string of the molecule is COc1ccc(C(=O)NN=Cc2c(C)[nH]n(-c3ccc(C)cc3)c2=O)cc1. The first-order valence-electron chi connectivity index (χ1n) is 8.35. The summed E-state index contributed by atoms with van der Waals surface area (Å²) in [6.07, 6.45) is 1.35. The van der Waals surface area contributed by atoms with E-state index < -0.39 is 0 Å². The molecule has 1 aromatic heterocycles. The number of methoxy groups -OCH3 is 1. The van der Waals surface area contributed by atoms with Crippen LogP contribution < -0.4 is 15.7 Å². The van der Waals surface area contributed by atoms with E-state index >= 15 is 0 Å². The molecule has 2 aromatic carbocycles. The number of aryl methyl sites for hydroxylation is 2. The molecule has 27 heavy (non-hydrogen) atoms. The highest BCUT2D eigenvalue weighted by molar-refractivity contribution is 5.95. The predicted molar refractivity (Wildman–Crippen MR) is 104 cm³/mol. The number of ether oxygens (including phenoxy) is 1. The molecule has 1 amide bonds. The van der Waals surface area contributed by atoms with Crippen molar-refractivity contribution in [1.82, 2.24) is 15.2 Å². The minimum absolute atomic E-state index is 0.237. The third-order valence-electron chi connectivity index (χ3n) is 4.12. The van der Waals surface area contributed by atoms with E-state index in [1.54, 1.807) is 38.3 Å². The second-order valence-corrected chi connectivity index (χ2v) is 6.05. The summed E-state index contributed by atoms with van der Waals surface area (Å²) in [5, 5.41) is 6.93. The van der Waals surface area contributed by atoms with E-state index in [-0.39, 0.29) is 11.5 Å². The van der Waals surface area contributed by atoms with E-state index in [1.807, 2.05) is 31.2 Å². The van der Waals surface area contributed by atoms with Gasteiger partial charge in [0.2, 0.25) is 0 Å². The maximum Gasteiger partial charge on any atom is 0.280 e. The number of nitrogens with one attached hydrogen (secondary N) is 2.